The van der Waals surface area contributed by atoms with Crippen LogP contribution in [0.4, 0.5) is 11.4 Å². The second-order valence-corrected chi connectivity index (χ2v) is 4.28. The van der Waals surface area contributed by atoms with Gasteiger partial charge in [0.2, 0.25) is 0 Å². The minimum absolute atomic E-state index is 0.575. The summed E-state index contributed by atoms with van der Waals surface area (Å²) in [4.78, 5) is 0. The highest BCUT2D eigenvalue weighted by Crippen LogP contribution is 2.18. The molecule has 1 aromatic rings. The number of nitrogens with two attached hydrogens (primary N) is 1. The molecule has 0 fully saturated rings. The third-order valence-electron chi connectivity index (χ3n) is 1.30. The molecule has 66 valence electrons. The van der Waals surface area contributed by atoms with Crippen LogP contribution in [0.2, 0.25) is 0 Å². The summed E-state index contributed by atoms with van der Waals surface area (Å²) in [5.74, 6) is 0. The quantitative estimate of drug-likeness (QED) is 0.557. The summed E-state index contributed by atoms with van der Waals surface area (Å²) in [6.07, 6.45) is 0. The van der Waals surface area contributed by atoms with Crippen LogP contribution in [-0.4, -0.2) is 5.25 Å². The molecule has 3 N–H and O–H groups in total. The molecule has 12 heavy (non-hydrogen) atoms. The van der Waals surface area contributed by atoms with Crippen LogP contribution in [0.15, 0.2) is 24.3 Å². The minimum atomic E-state index is 0.575. The predicted molar refractivity (Wildman–Crippen MR) is 57.2 cm³/mol. The van der Waals surface area contributed by atoms with Crippen molar-refractivity contribution in [1.29, 1.82) is 0 Å². The van der Waals surface area contributed by atoms with Gasteiger partial charge >= 0.3 is 0 Å². The fraction of sp³-hybridized carbons (Fsp3) is 0.333. The van der Waals surface area contributed by atoms with Crippen LogP contribution >= 0.6 is 11.9 Å². The van der Waals surface area contributed by atoms with Gasteiger partial charge in [0.25, 0.3) is 0 Å². The topological polar surface area (TPSA) is 38.0 Å². The van der Waals surface area contributed by atoms with Crippen LogP contribution in [0.1, 0.15) is 13.8 Å². The first-order valence-electron chi connectivity index (χ1n) is 3.95. The van der Waals surface area contributed by atoms with Gasteiger partial charge < -0.3 is 10.5 Å². The fourth-order valence-corrected chi connectivity index (χ4v) is 1.29. The van der Waals surface area contributed by atoms with Crippen molar-refractivity contribution in [3.63, 3.8) is 0 Å². The summed E-state index contributed by atoms with van der Waals surface area (Å²) in [7, 11) is 0. The molecule has 3 heteroatoms. The average molecular weight is 182 g/mol. The molecular weight excluding hydrogens is 168 g/mol. The van der Waals surface area contributed by atoms with Gasteiger partial charge in [0.1, 0.15) is 0 Å². The highest BCUT2D eigenvalue weighted by atomic mass is 32.2. The zero-order chi connectivity index (χ0) is 8.97. The largest absolute Gasteiger partial charge is 0.399 e. The molecule has 2 nitrogen and oxygen atoms in total. The van der Waals surface area contributed by atoms with E-state index in [-0.39, 0.29) is 0 Å². The molecule has 0 aliphatic carbocycles. The molecule has 0 aromatic heterocycles. The third-order valence-corrected chi connectivity index (χ3v) is 2.12. The molecule has 0 saturated heterocycles. The predicted octanol–water partition coefficient (Wildman–Crippen LogP) is 2.74. The minimum Gasteiger partial charge on any atom is -0.399 e. The van der Waals surface area contributed by atoms with Crippen molar-refractivity contribution in [1.82, 2.24) is 0 Å². The molecule has 0 amide bonds. The standard InChI is InChI=1S/C9H14N2S/c1-7(2)12-11-9-5-3-4-8(10)6-9/h3-7,11H,10H2,1-2H3. The monoisotopic (exact) mass is 182 g/mol. The Morgan fingerprint density at radius 2 is 2.17 bits per heavy atom. The molecule has 0 atom stereocenters. The Balaban J connectivity index is 2.52. The first-order chi connectivity index (χ1) is 5.68. The molecule has 0 heterocycles. The van der Waals surface area contributed by atoms with Crippen molar-refractivity contribution < 1.29 is 0 Å². The third kappa shape index (κ3) is 3.05. The lowest BCUT2D eigenvalue weighted by molar-refractivity contribution is 1.12. The van der Waals surface area contributed by atoms with Crippen molar-refractivity contribution in [2.75, 3.05) is 10.5 Å². The van der Waals surface area contributed by atoms with Gasteiger partial charge in [-0.05, 0) is 30.1 Å². The van der Waals surface area contributed by atoms with Gasteiger partial charge in [0.15, 0.2) is 0 Å². The summed E-state index contributed by atoms with van der Waals surface area (Å²) in [6, 6.07) is 7.75. The lowest BCUT2D eigenvalue weighted by Gasteiger charge is -2.07. The van der Waals surface area contributed by atoms with E-state index in [2.05, 4.69) is 18.6 Å². The number of hydrogen-bond donors (Lipinski definition) is 2. The molecule has 0 bridgehead atoms. The van der Waals surface area contributed by atoms with Crippen molar-refractivity contribution in [2.24, 2.45) is 0 Å². The van der Waals surface area contributed by atoms with Gasteiger partial charge in [-0.25, -0.2) is 0 Å². The maximum absolute atomic E-state index is 5.62. The summed E-state index contributed by atoms with van der Waals surface area (Å²) in [6.45, 7) is 4.29. The molecule has 0 radical (unpaired) electrons. The Bertz CT molecular complexity index is 248. The maximum Gasteiger partial charge on any atom is 0.0460 e. The molecular formula is C9H14N2S. The van der Waals surface area contributed by atoms with Crippen molar-refractivity contribution in [3.05, 3.63) is 24.3 Å². The van der Waals surface area contributed by atoms with E-state index in [1.807, 2.05) is 24.3 Å². The van der Waals surface area contributed by atoms with E-state index >= 15 is 0 Å². The Labute approximate surface area is 77.7 Å². The van der Waals surface area contributed by atoms with Gasteiger partial charge in [-0.2, -0.15) is 0 Å². The molecule has 0 spiro atoms. The van der Waals surface area contributed by atoms with Crippen molar-refractivity contribution in [3.8, 4) is 0 Å². The fourth-order valence-electron chi connectivity index (χ4n) is 0.788. The van der Waals surface area contributed by atoms with Crippen LogP contribution in [0.3, 0.4) is 0 Å². The Morgan fingerprint density at radius 3 is 2.75 bits per heavy atom. The second-order valence-electron chi connectivity index (χ2n) is 2.89. The second kappa shape index (κ2) is 4.26. The van der Waals surface area contributed by atoms with E-state index in [0.29, 0.717) is 5.25 Å². The van der Waals surface area contributed by atoms with Crippen LogP contribution < -0.4 is 10.5 Å². The highest BCUT2D eigenvalue weighted by Gasteiger charge is 1.95. The number of nitrogen functional groups attached to an aromatic ring is 1. The van der Waals surface area contributed by atoms with Crippen LogP contribution in [0.25, 0.3) is 0 Å². The zero-order valence-electron chi connectivity index (χ0n) is 7.37. The van der Waals surface area contributed by atoms with E-state index in [9.17, 15) is 0 Å². The Morgan fingerprint density at radius 1 is 1.42 bits per heavy atom. The van der Waals surface area contributed by atoms with Gasteiger partial charge in [-0.3, -0.25) is 0 Å². The lowest BCUT2D eigenvalue weighted by atomic mass is 10.3. The molecule has 0 unspecified atom stereocenters. The Hall–Kier alpha value is -0.830. The van der Waals surface area contributed by atoms with Gasteiger partial charge in [-0.15, -0.1) is 0 Å². The van der Waals surface area contributed by atoms with Gasteiger partial charge in [0.05, 0.1) is 0 Å². The summed E-state index contributed by atoms with van der Waals surface area (Å²) in [5, 5.41) is 0.575. The van der Waals surface area contributed by atoms with Crippen LogP contribution in [0, 0.1) is 0 Å². The first-order valence-corrected chi connectivity index (χ1v) is 4.83. The highest BCUT2D eigenvalue weighted by molar-refractivity contribution is 8.01. The zero-order valence-corrected chi connectivity index (χ0v) is 8.19. The average Bonchev–Trinajstić information content (AvgIpc) is 2.01. The normalized spacial score (nSPS) is 10.2. The van der Waals surface area contributed by atoms with E-state index in [1.165, 1.54) is 0 Å². The molecule has 0 aliphatic heterocycles. The van der Waals surface area contributed by atoms with E-state index in [4.69, 9.17) is 5.73 Å². The van der Waals surface area contributed by atoms with Crippen LogP contribution in [0.5, 0.6) is 0 Å². The van der Waals surface area contributed by atoms with Crippen molar-refractivity contribution in [2.45, 2.75) is 19.1 Å². The van der Waals surface area contributed by atoms with Crippen molar-refractivity contribution >= 4 is 23.3 Å². The lowest BCUT2D eigenvalue weighted by Crippen LogP contribution is -1.95. The molecule has 0 aliphatic rings. The van der Waals surface area contributed by atoms with Crippen LogP contribution in [-0.2, 0) is 0 Å². The molecule has 1 rings (SSSR count). The summed E-state index contributed by atoms with van der Waals surface area (Å²) < 4.78 is 3.22. The number of hydrogen-bond acceptors (Lipinski definition) is 3. The first kappa shape index (κ1) is 9.26. The van der Waals surface area contributed by atoms with Gasteiger partial charge in [-0.1, -0.05) is 19.9 Å². The smallest absolute Gasteiger partial charge is 0.0460 e. The SMILES string of the molecule is CC(C)SNc1cccc(N)c1. The van der Waals surface area contributed by atoms with Gasteiger partial charge in [0, 0.05) is 16.6 Å². The molecule has 1 aromatic carbocycles. The number of benzene rings is 1. The summed E-state index contributed by atoms with van der Waals surface area (Å²) >= 11 is 1.69. The maximum atomic E-state index is 5.62. The number of rotatable bonds is 3. The number of anilines is 2. The number of nitrogens with one attached hydrogen (secondary N) is 1. The molecule has 0 saturated carbocycles. The summed E-state index contributed by atoms with van der Waals surface area (Å²) in [5.41, 5.74) is 7.48. The Kier molecular flexibility index (Phi) is 3.29. The van der Waals surface area contributed by atoms with E-state index < -0.39 is 0 Å². The van der Waals surface area contributed by atoms with E-state index in [0.717, 1.165) is 11.4 Å². The van der Waals surface area contributed by atoms with E-state index in [1.54, 1.807) is 11.9 Å².